The second-order valence-corrected chi connectivity index (χ2v) is 7.10. The summed E-state index contributed by atoms with van der Waals surface area (Å²) in [5.74, 6) is 0.939. The first-order valence-electron chi connectivity index (χ1n) is 7.70. The van der Waals surface area contributed by atoms with Gasteiger partial charge in [0.05, 0.1) is 13.1 Å². The molecule has 4 heteroatoms. The highest BCUT2D eigenvalue weighted by molar-refractivity contribution is 7.11. The van der Waals surface area contributed by atoms with E-state index in [1.54, 1.807) is 11.3 Å². The number of nitrogens with zero attached hydrogens (tertiary/aromatic N) is 1. The molecule has 20 heavy (non-hydrogen) atoms. The third kappa shape index (κ3) is 4.91. The quantitative estimate of drug-likeness (QED) is 0.838. The second kappa shape index (κ2) is 7.79. The Labute approximate surface area is 126 Å². The van der Waals surface area contributed by atoms with E-state index in [4.69, 9.17) is 0 Å². The van der Waals surface area contributed by atoms with E-state index in [2.05, 4.69) is 36.3 Å². The van der Waals surface area contributed by atoms with Gasteiger partial charge in [-0.1, -0.05) is 19.8 Å². The van der Waals surface area contributed by atoms with Crippen LogP contribution in [0.25, 0.3) is 0 Å². The van der Waals surface area contributed by atoms with Gasteiger partial charge in [0.2, 0.25) is 5.91 Å². The summed E-state index contributed by atoms with van der Waals surface area (Å²) < 4.78 is 0. The van der Waals surface area contributed by atoms with E-state index < -0.39 is 0 Å². The zero-order valence-corrected chi connectivity index (χ0v) is 13.5. The summed E-state index contributed by atoms with van der Waals surface area (Å²) in [4.78, 5) is 16.7. The molecule has 0 spiro atoms. The van der Waals surface area contributed by atoms with Crippen LogP contribution in [0.15, 0.2) is 12.1 Å². The molecule has 1 N–H and O–H groups in total. The Bertz CT molecular complexity index is 424. The zero-order chi connectivity index (χ0) is 14.4. The molecule has 1 aliphatic rings. The predicted molar refractivity (Wildman–Crippen MR) is 85.0 cm³/mol. The van der Waals surface area contributed by atoms with Crippen molar-refractivity contribution in [3.8, 4) is 0 Å². The molecule has 2 rings (SSSR count). The summed E-state index contributed by atoms with van der Waals surface area (Å²) in [7, 11) is 2.05. The van der Waals surface area contributed by atoms with Crippen LogP contribution in [0.1, 0.15) is 42.4 Å². The van der Waals surface area contributed by atoms with Gasteiger partial charge in [-0.3, -0.25) is 9.69 Å². The van der Waals surface area contributed by atoms with Crippen LogP contribution >= 0.6 is 11.3 Å². The van der Waals surface area contributed by atoms with Gasteiger partial charge >= 0.3 is 0 Å². The molecule has 1 aromatic rings. The molecule has 3 nitrogen and oxygen atoms in total. The highest BCUT2D eigenvalue weighted by Crippen LogP contribution is 2.25. The van der Waals surface area contributed by atoms with Gasteiger partial charge in [0.15, 0.2) is 0 Å². The predicted octanol–water partition coefficient (Wildman–Crippen LogP) is 3.05. The van der Waals surface area contributed by atoms with E-state index in [0.29, 0.717) is 13.1 Å². The molecule has 112 valence electrons. The van der Waals surface area contributed by atoms with E-state index in [-0.39, 0.29) is 5.91 Å². The lowest BCUT2D eigenvalue weighted by Crippen LogP contribution is -2.36. The molecule has 1 aromatic heterocycles. The summed E-state index contributed by atoms with van der Waals surface area (Å²) in [6.45, 7) is 4.40. The van der Waals surface area contributed by atoms with Gasteiger partial charge in [-0.15, -0.1) is 11.3 Å². The van der Waals surface area contributed by atoms with Gasteiger partial charge in [0.25, 0.3) is 0 Å². The fourth-order valence-corrected chi connectivity index (χ4v) is 3.79. The normalized spacial score (nSPS) is 15.9. The molecular weight excluding hydrogens is 268 g/mol. The Kier molecular flexibility index (Phi) is 6.05. The minimum absolute atomic E-state index is 0.136. The second-order valence-electron chi connectivity index (χ2n) is 5.85. The van der Waals surface area contributed by atoms with Crippen LogP contribution in [0.4, 0.5) is 0 Å². The maximum atomic E-state index is 11.9. The molecule has 0 saturated heterocycles. The molecule has 1 fully saturated rings. The summed E-state index contributed by atoms with van der Waals surface area (Å²) in [5.41, 5.74) is 0. The molecule has 0 atom stereocenters. The molecule has 0 radical (unpaired) electrons. The third-order valence-electron chi connectivity index (χ3n) is 3.98. The highest BCUT2D eigenvalue weighted by atomic mass is 32.1. The van der Waals surface area contributed by atoms with Crippen LogP contribution in [0.5, 0.6) is 0 Å². The highest BCUT2D eigenvalue weighted by Gasteiger charge is 2.17. The first kappa shape index (κ1) is 15.5. The Morgan fingerprint density at radius 1 is 1.35 bits per heavy atom. The number of carbonyl (C=O) groups is 1. The Morgan fingerprint density at radius 2 is 2.05 bits per heavy atom. The number of amides is 1. The van der Waals surface area contributed by atoms with Gasteiger partial charge in [0, 0.05) is 16.3 Å². The molecule has 1 amide bonds. The van der Waals surface area contributed by atoms with Gasteiger partial charge < -0.3 is 5.32 Å². The molecule has 0 bridgehead atoms. The number of thiophene rings is 1. The average Bonchev–Trinajstić information content (AvgIpc) is 3.07. The van der Waals surface area contributed by atoms with Crippen molar-refractivity contribution in [1.29, 1.82) is 0 Å². The molecule has 1 saturated carbocycles. The molecule has 0 aromatic carbocycles. The van der Waals surface area contributed by atoms with E-state index in [0.717, 1.165) is 18.9 Å². The Hall–Kier alpha value is -0.870. The van der Waals surface area contributed by atoms with E-state index in [1.807, 2.05) is 0 Å². The number of carbonyl (C=O) groups excluding carboxylic acids is 1. The zero-order valence-electron chi connectivity index (χ0n) is 12.7. The van der Waals surface area contributed by atoms with Crippen molar-refractivity contribution in [3.05, 3.63) is 21.9 Å². The van der Waals surface area contributed by atoms with Crippen molar-refractivity contribution in [2.45, 2.75) is 45.6 Å². The standard InChI is InChI=1S/C16H26N2OS/c1-3-14-8-9-15(20-14)10-17-16(19)12-18(2)11-13-6-4-5-7-13/h8-9,13H,3-7,10-12H2,1-2H3,(H,17,19). The van der Waals surface area contributed by atoms with Crippen LogP contribution in [-0.4, -0.2) is 30.9 Å². The van der Waals surface area contributed by atoms with Crippen molar-refractivity contribution >= 4 is 17.2 Å². The average molecular weight is 294 g/mol. The monoisotopic (exact) mass is 294 g/mol. The molecule has 1 aliphatic carbocycles. The first-order chi connectivity index (χ1) is 9.67. The number of hydrogen-bond acceptors (Lipinski definition) is 3. The SMILES string of the molecule is CCc1ccc(CNC(=O)CN(C)CC2CCCC2)s1. The third-order valence-corrected chi connectivity index (χ3v) is 5.21. The fraction of sp³-hybridized carbons (Fsp3) is 0.688. The van der Waals surface area contributed by atoms with Crippen LogP contribution in [-0.2, 0) is 17.8 Å². The number of hydrogen-bond donors (Lipinski definition) is 1. The molecule has 0 aliphatic heterocycles. The summed E-state index contributed by atoms with van der Waals surface area (Å²) in [6.07, 6.45) is 6.47. The lowest BCUT2D eigenvalue weighted by Gasteiger charge is -2.20. The number of nitrogens with one attached hydrogen (secondary N) is 1. The van der Waals surface area contributed by atoms with Gasteiger partial charge in [-0.2, -0.15) is 0 Å². The fourth-order valence-electron chi connectivity index (χ4n) is 2.89. The van der Waals surface area contributed by atoms with E-state index in [1.165, 1.54) is 35.4 Å². The summed E-state index contributed by atoms with van der Waals surface area (Å²) in [5, 5.41) is 3.02. The van der Waals surface area contributed by atoms with Crippen LogP contribution < -0.4 is 5.32 Å². The van der Waals surface area contributed by atoms with Crippen LogP contribution in [0.3, 0.4) is 0 Å². The Morgan fingerprint density at radius 3 is 2.70 bits per heavy atom. The van der Waals surface area contributed by atoms with Crippen LogP contribution in [0, 0.1) is 5.92 Å². The van der Waals surface area contributed by atoms with Crippen molar-refractivity contribution in [2.24, 2.45) is 5.92 Å². The maximum Gasteiger partial charge on any atom is 0.234 e. The molecule has 0 unspecified atom stereocenters. The van der Waals surface area contributed by atoms with E-state index >= 15 is 0 Å². The summed E-state index contributed by atoms with van der Waals surface area (Å²) >= 11 is 1.79. The van der Waals surface area contributed by atoms with E-state index in [9.17, 15) is 4.79 Å². The Balaban J connectivity index is 1.66. The van der Waals surface area contributed by atoms with Gasteiger partial charge in [0.1, 0.15) is 0 Å². The maximum absolute atomic E-state index is 11.9. The molecule has 1 heterocycles. The lowest BCUT2D eigenvalue weighted by atomic mass is 10.1. The number of aryl methyl sites for hydroxylation is 1. The number of likely N-dealkylation sites (N-methyl/N-ethyl adjacent to an activating group) is 1. The van der Waals surface area contributed by atoms with Gasteiger partial charge in [-0.25, -0.2) is 0 Å². The van der Waals surface area contributed by atoms with Crippen molar-refractivity contribution in [2.75, 3.05) is 20.1 Å². The number of rotatable bonds is 7. The largest absolute Gasteiger partial charge is 0.350 e. The minimum Gasteiger partial charge on any atom is -0.350 e. The van der Waals surface area contributed by atoms with Crippen molar-refractivity contribution in [3.63, 3.8) is 0 Å². The topological polar surface area (TPSA) is 32.3 Å². The molecular formula is C16H26N2OS. The first-order valence-corrected chi connectivity index (χ1v) is 8.52. The lowest BCUT2D eigenvalue weighted by molar-refractivity contribution is -0.122. The summed E-state index contributed by atoms with van der Waals surface area (Å²) in [6, 6.07) is 4.27. The van der Waals surface area contributed by atoms with Crippen LogP contribution in [0.2, 0.25) is 0 Å². The van der Waals surface area contributed by atoms with Gasteiger partial charge in [-0.05, 0) is 44.4 Å². The minimum atomic E-state index is 0.136. The van der Waals surface area contributed by atoms with Crippen molar-refractivity contribution in [1.82, 2.24) is 10.2 Å². The van der Waals surface area contributed by atoms with Crippen molar-refractivity contribution < 1.29 is 4.79 Å². The smallest absolute Gasteiger partial charge is 0.234 e.